The molecule has 3 aromatic heterocycles. The number of benzene rings is 1. The maximum Gasteiger partial charge on any atom is 0.338 e. The zero-order chi connectivity index (χ0) is 28.4. The lowest BCUT2D eigenvalue weighted by atomic mass is 9.57. The third kappa shape index (κ3) is 4.47. The van der Waals surface area contributed by atoms with Crippen LogP contribution in [0.25, 0.3) is 22.2 Å². The van der Waals surface area contributed by atoms with E-state index in [1.54, 1.807) is 18.5 Å². The number of rotatable bonds is 7. The fourth-order valence-electron chi connectivity index (χ4n) is 6.73. The smallest absolute Gasteiger partial charge is 0.338 e. The number of phenolic OH excluding ortho intramolecular Hbond substituents is 1. The second-order valence-electron chi connectivity index (χ2n) is 11.6. The standard InChI is InChI=1S/C31H29Cl2N3O5/c1-39-29(38)19-4-6-23(37)26-18(19)5-7-24(35-26)30-8-11-31(12-9-30,13-10-30)40-16-20-27(36-41-28(20)17-2-3-17)25-21(32)14-34-15-22(25)33/h4-7,14-15,17,37H,2-3,8-13,16H2,1H3. The van der Waals surface area contributed by atoms with Gasteiger partial charge in [-0.3, -0.25) is 4.98 Å². The zero-order valence-electron chi connectivity index (χ0n) is 22.6. The van der Waals surface area contributed by atoms with E-state index in [2.05, 4.69) is 10.1 Å². The molecule has 0 spiro atoms. The zero-order valence-corrected chi connectivity index (χ0v) is 24.1. The van der Waals surface area contributed by atoms with E-state index in [1.165, 1.54) is 13.2 Å². The summed E-state index contributed by atoms with van der Waals surface area (Å²) in [6.07, 6.45) is 10.8. The molecule has 4 aromatic rings. The van der Waals surface area contributed by atoms with Crippen LogP contribution in [-0.2, 0) is 21.5 Å². The minimum Gasteiger partial charge on any atom is -0.506 e. The van der Waals surface area contributed by atoms with Crippen LogP contribution in [0.4, 0.5) is 0 Å². The van der Waals surface area contributed by atoms with Crippen LogP contribution in [0, 0.1) is 0 Å². The highest BCUT2D eigenvalue weighted by Crippen LogP contribution is 2.55. The number of halogens is 2. The number of ether oxygens (including phenoxy) is 2. The molecule has 1 N–H and O–H groups in total. The first-order valence-electron chi connectivity index (χ1n) is 14.0. The van der Waals surface area contributed by atoms with E-state index in [0.717, 1.165) is 68.4 Å². The van der Waals surface area contributed by atoms with Crippen LogP contribution in [0.5, 0.6) is 5.75 Å². The Hall–Kier alpha value is -3.20. The Morgan fingerprint density at radius 3 is 2.41 bits per heavy atom. The Labute approximate surface area is 247 Å². The summed E-state index contributed by atoms with van der Waals surface area (Å²) in [4.78, 5) is 21.2. The number of carbonyl (C=O) groups is 1. The fourth-order valence-corrected chi connectivity index (χ4v) is 7.27. The lowest BCUT2D eigenvalue weighted by molar-refractivity contribution is -0.127. The number of methoxy groups -OCH3 is 1. The largest absolute Gasteiger partial charge is 0.506 e. The molecular weight excluding hydrogens is 565 g/mol. The predicted octanol–water partition coefficient (Wildman–Crippen LogP) is 7.52. The van der Waals surface area contributed by atoms with Gasteiger partial charge in [0.15, 0.2) is 0 Å². The van der Waals surface area contributed by atoms with E-state index in [1.807, 2.05) is 12.1 Å². The van der Waals surface area contributed by atoms with Crippen molar-refractivity contribution in [3.8, 4) is 17.0 Å². The number of esters is 1. The summed E-state index contributed by atoms with van der Waals surface area (Å²) < 4.78 is 17.5. The average molecular weight is 594 g/mol. The van der Waals surface area contributed by atoms with Crippen LogP contribution >= 0.6 is 23.2 Å². The van der Waals surface area contributed by atoms with Crippen LogP contribution in [0.2, 0.25) is 10.0 Å². The SMILES string of the molecule is COC(=O)c1ccc(O)c2nc(C34CCC(OCc5c(-c6c(Cl)cncc6Cl)noc5C5CC5)(CC3)CC4)ccc12. The Morgan fingerprint density at radius 2 is 1.76 bits per heavy atom. The summed E-state index contributed by atoms with van der Waals surface area (Å²) in [6.45, 7) is 0.380. The van der Waals surface area contributed by atoms with Crippen LogP contribution < -0.4 is 0 Å². The number of phenols is 1. The molecule has 0 aliphatic heterocycles. The molecule has 2 bridgehead atoms. The maximum absolute atomic E-state index is 12.3. The Balaban J connectivity index is 1.13. The molecule has 4 saturated carbocycles. The second kappa shape index (κ2) is 9.96. The van der Waals surface area contributed by atoms with Gasteiger partial charge in [0.1, 0.15) is 22.7 Å². The molecule has 41 heavy (non-hydrogen) atoms. The van der Waals surface area contributed by atoms with Gasteiger partial charge in [-0.1, -0.05) is 28.4 Å². The molecule has 0 atom stereocenters. The van der Waals surface area contributed by atoms with Crippen LogP contribution in [0.15, 0.2) is 41.2 Å². The van der Waals surface area contributed by atoms with Crippen LogP contribution in [0.1, 0.15) is 84.7 Å². The second-order valence-corrected chi connectivity index (χ2v) is 12.4. The van der Waals surface area contributed by atoms with Crippen molar-refractivity contribution in [1.29, 1.82) is 0 Å². The molecule has 4 aliphatic rings. The molecular formula is C31H29Cl2N3O5. The number of fused-ring (bicyclic) bond motifs is 4. The first-order valence-corrected chi connectivity index (χ1v) is 14.7. The van der Waals surface area contributed by atoms with Gasteiger partial charge in [-0.2, -0.15) is 0 Å². The summed E-state index contributed by atoms with van der Waals surface area (Å²) in [7, 11) is 1.35. The van der Waals surface area contributed by atoms with Crippen molar-refractivity contribution in [3.05, 3.63) is 69.3 Å². The van der Waals surface area contributed by atoms with E-state index in [9.17, 15) is 9.90 Å². The first-order chi connectivity index (χ1) is 19.8. The van der Waals surface area contributed by atoms with E-state index in [-0.39, 0.29) is 16.8 Å². The topological polar surface area (TPSA) is 108 Å². The monoisotopic (exact) mass is 593 g/mol. The molecule has 0 radical (unpaired) electrons. The van der Waals surface area contributed by atoms with Crippen molar-refractivity contribution in [2.45, 2.75) is 74.9 Å². The minimum atomic E-state index is -0.450. The Morgan fingerprint density at radius 1 is 1.05 bits per heavy atom. The predicted molar refractivity (Wildman–Crippen MR) is 153 cm³/mol. The Kier molecular flexibility index (Phi) is 6.48. The number of aromatic hydroxyl groups is 1. The number of aromatic nitrogens is 3. The third-order valence-corrected chi connectivity index (χ3v) is 9.91. The van der Waals surface area contributed by atoms with Crippen molar-refractivity contribution in [2.75, 3.05) is 7.11 Å². The lowest BCUT2D eigenvalue weighted by Gasteiger charge is -2.52. The highest BCUT2D eigenvalue weighted by Gasteiger charge is 2.51. The lowest BCUT2D eigenvalue weighted by Crippen LogP contribution is -2.50. The molecule has 3 heterocycles. The number of pyridine rings is 2. The summed E-state index contributed by atoms with van der Waals surface area (Å²) in [5.41, 5.74) is 3.63. The van der Waals surface area contributed by atoms with Crippen LogP contribution in [-0.4, -0.2) is 38.9 Å². The van der Waals surface area contributed by atoms with Crippen molar-refractivity contribution < 1.29 is 23.9 Å². The van der Waals surface area contributed by atoms with E-state index in [4.69, 9.17) is 42.2 Å². The summed E-state index contributed by atoms with van der Waals surface area (Å²) in [5, 5.41) is 16.4. The van der Waals surface area contributed by atoms with Gasteiger partial charge in [-0.05, 0) is 75.6 Å². The average Bonchev–Trinajstić information content (AvgIpc) is 3.76. The summed E-state index contributed by atoms with van der Waals surface area (Å²) in [6, 6.07) is 6.96. The van der Waals surface area contributed by atoms with Crippen LogP contribution in [0.3, 0.4) is 0 Å². The molecule has 1 aromatic carbocycles. The number of hydrogen-bond donors (Lipinski definition) is 1. The molecule has 0 amide bonds. The normalized spacial score (nSPS) is 23.7. The van der Waals surface area contributed by atoms with Crippen molar-refractivity contribution >= 4 is 40.1 Å². The molecule has 0 unspecified atom stereocenters. The van der Waals surface area contributed by atoms with Crippen molar-refractivity contribution in [2.24, 2.45) is 0 Å². The van der Waals surface area contributed by atoms with Gasteiger partial charge in [-0.15, -0.1) is 0 Å². The maximum atomic E-state index is 12.3. The summed E-state index contributed by atoms with van der Waals surface area (Å²) >= 11 is 13.0. The molecule has 10 heteroatoms. The third-order valence-electron chi connectivity index (χ3n) is 9.34. The van der Waals surface area contributed by atoms with Gasteiger partial charge in [0.25, 0.3) is 0 Å². The molecule has 4 aliphatic carbocycles. The van der Waals surface area contributed by atoms with Crippen molar-refractivity contribution in [3.63, 3.8) is 0 Å². The number of nitrogens with zero attached hydrogens (tertiary/aromatic N) is 3. The number of carbonyl (C=O) groups excluding carboxylic acids is 1. The molecule has 8 rings (SSSR count). The van der Waals surface area contributed by atoms with Crippen molar-refractivity contribution in [1.82, 2.24) is 15.1 Å². The molecule has 0 saturated heterocycles. The summed E-state index contributed by atoms with van der Waals surface area (Å²) in [5.74, 6) is 0.829. The molecule has 212 valence electrons. The minimum absolute atomic E-state index is 0.0561. The molecule has 8 nitrogen and oxygen atoms in total. The highest BCUT2D eigenvalue weighted by atomic mass is 35.5. The van der Waals surface area contributed by atoms with E-state index in [0.29, 0.717) is 50.3 Å². The van der Waals surface area contributed by atoms with Gasteiger partial charge in [0.2, 0.25) is 0 Å². The first kappa shape index (κ1) is 26.7. The van der Waals surface area contributed by atoms with E-state index >= 15 is 0 Å². The van der Waals surface area contributed by atoms with Gasteiger partial charge in [0, 0.05) is 45.9 Å². The molecule has 4 fully saturated rings. The fraction of sp³-hybridized carbons (Fsp3) is 0.419. The highest BCUT2D eigenvalue weighted by molar-refractivity contribution is 6.38. The Bertz CT molecular complexity index is 1640. The quantitative estimate of drug-likeness (QED) is 0.219. The number of hydrogen-bond acceptors (Lipinski definition) is 8. The van der Waals surface area contributed by atoms with Gasteiger partial charge in [0.05, 0.1) is 34.9 Å². The van der Waals surface area contributed by atoms with Gasteiger partial charge in [-0.25, -0.2) is 9.78 Å². The van der Waals surface area contributed by atoms with Gasteiger partial charge < -0.3 is 19.1 Å². The van der Waals surface area contributed by atoms with E-state index < -0.39 is 5.97 Å². The van der Waals surface area contributed by atoms with Gasteiger partial charge >= 0.3 is 5.97 Å².